The van der Waals surface area contributed by atoms with Crippen molar-refractivity contribution < 1.29 is 17.6 Å². The molecule has 0 saturated carbocycles. The van der Waals surface area contributed by atoms with E-state index in [1.54, 1.807) is 11.8 Å². The van der Waals surface area contributed by atoms with Gasteiger partial charge in [0.15, 0.2) is 0 Å². The summed E-state index contributed by atoms with van der Waals surface area (Å²) in [6.45, 7) is 1.23. The van der Waals surface area contributed by atoms with E-state index < -0.39 is 10.2 Å². The van der Waals surface area contributed by atoms with Crippen molar-refractivity contribution in [1.82, 2.24) is 9.62 Å². The molecule has 0 unspecified atom stereocenters. The summed E-state index contributed by atoms with van der Waals surface area (Å²) in [6.07, 6.45) is 0. The van der Waals surface area contributed by atoms with Crippen molar-refractivity contribution in [2.75, 3.05) is 33.5 Å². The zero-order chi connectivity index (χ0) is 16.9. The Kier molecular flexibility index (Phi) is 6.08. The molecule has 1 aliphatic heterocycles. The molecule has 10 heteroatoms. The Labute approximate surface area is 140 Å². The van der Waals surface area contributed by atoms with Gasteiger partial charge in [-0.15, -0.1) is 4.40 Å². The standard InChI is InChI=1S/C13H20N4O4S2/c1-17(2)8-10-4-5-11(21-10)9-22-7-6-14-12-13(20-3)16-23(18,19)15-12/h4-5H,6-9H2,1-3H3,(H,14,15). The molecule has 0 atom stereocenters. The third kappa shape index (κ3) is 5.56. The normalized spacial score (nSPS) is 18.3. The molecule has 1 aliphatic rings. The average molecular weight is 360 g/mol. The lowest BCUT2D eigenvalue weighted by Gasteiger charge is -2.05. The summed E-state index contributed by atoms with van der Waals surface area (Å²) in [4.78, 5) is 6.20. The molecule has 0 spiro atoms. The maximum absolute atomic E-state index is 11.3. The van der Waals surface area contributed by atoms with Crippen LogP contribution in [-0.2, 0) is 27.2 Å². The van der Waals surface area contributed by atoms with Crippen LogP contribution in [0.4, 0.5) is 0 Å². The Bertz CT molecular complexity index is 695. The van der Waals surface area contributed by atoms with Crippen LogP contribution in [0.15, 0.2) is 25.9 Å². The summed E-state index contributed by atoms with van der Waals surface area (Å²) in [5.41, 5.74) is 0. The van der Waals surface area contributed by atoms with Crippen molar-refractivity contribution >= 4 is 33.7 Å². The van der Waals surface area contributed by atoms with Crippen LogP contribution in [0.25, 0.3) is 0 Å². The minimum absolute atomic E-state index is 0.00522. The molecule has 0 amide bonds. The summed E-state index contributed by atoms with van der Waals surface area (Å²) in [6, 6.07) is 3.95. The molecule has 0 radical (unpaired) electrons. The lowest BCUT2D eigenvalue weighted by Crippen LogP contribution is -2.27. The van der Waals surface area contributed by atoms with Gasteiger partial charge >= 0.3 is 10.2 Å². The van der Waals surface area contributed by atoms with E-state index in [9.17, 15) is 8.42 Å². The van der Waals surface area contributed by atoms with Gasteiger partial charge in [-0.05, 0) is 26.2 Å². The van der Waals surface area contributed by atoms with E-state index in [0.717, 1.165) is 29.6 Å². The summed E-state index contributed by atoms with van der Waals surface area (Å²) >= 11 is 1.66. The predicted octanol–water partition coefficient (Wildman–Crippen LogP) is 0.866. The van der Waals surface area contributed by atoms with E-state index in [1.807, 2.05) is 31.1 Å². The molecule has 1 aromatic rings. The molecule has 0 bridgehead atoms. The molecule has 0 fully saturated rings. The maximum atomic E-state index is 11.3. The number of nitrogens with one attached hydrogen (secondary N) is 1. The molecule has 0 aliphatic carbocycles. The third-order valence-electron chi connectivity index (χ3n) is 2.76. The van der Waals surface area contributed by atoms with E-state index >= 15 is 0 Å². The Hall–Kier alpha value is -1.52. The Morgan fingerprint density at radius 2 is 2.13 bits per heavy atom. The Morgan fingerprint density at radius 3 is 2.83 bits per heavy atom. The van der Waals surface area contributed by atoms with Crippen molar-refractivity contribution in [3.63, 3.8) is 0 Å². The van der Waals surface area contributed by atoms with Gasteiger partial charge in [0.25, 0.3) is 5.90 Å². The molecule has 1 aromatic heterocycles. The second kappa shape index (κ2) is 7.84. The number of hydrogen-bond donors (Lipinski definition) is 1. The molecule has 1 N–H and O–H groups in total. The predicted molar refractivity (Wildman–Crippen MR) is 91.1 cm³/mol. The zero-order valence-electron chi connectivity index (χ0n) is 13.3. The fraction of sp³-hybridized carbons (Fsp3) is 0.538. The highest BCUT2D eigenvalue weighted by atomic mass is 32.2. The van der Waals surface area contributed by atoms with Crippen molar-refractivity contribution in [2.24, 2.45) is 9.39 Å². The summed E-state index contributed by atoms with van der Waals surface area (Å²) in [5.74, 6) is 3.47. The van der Waals surface area contributed by atoms with Gasteiger partial charge in [-0.25, -0.2) is 4.72 Å². The van der Waals surface area contributed by atoms with Crippen molar-refractivity contribution in [3.05, 3.63) is 23.7 Å². The fourth-order valence-electron chi connectivity index (χ4n) is 1.87. The largest absolute Gasteiger partial charge is 0.478 e. The molecular weight excluding hydrogens is 340 g/mol. The summed E-state index contributed by atoms with van der Waals surface area (Å²) in [5, 5.41) is 0. The number of rotatable bonds is 7. The molecule has 0 saturated heterocycles. The SMILES string of the molecule is COC1=NS(=O)(=O)NC1=NCCSCc1ccc(CN(C)C)o1. The van der Waals surface area contributed by atoms with Crippen LogP contribution < -0.4 is 4.72 Å². The van der Waals surface area contributed by atoms with Gasteiger partial charge in [-0.3, -0.25) is 4.99 Å². The van der Waals surface area contributed by atoms with Gasteiger partial charge in [0.1, 0.15) is 11.5 Å². The second-order valence-electron chi connectivity index (χ2n) is 5.07. The van der Waals surface area contributed by atoms with Crippen LogP contribution in [0, 0.1) is 0 Å². The molecule has 0 aromatic carbocycles. The highest BCUT2D eigenvalue weighted by Gasteiger charge is 2.26. The van der Waals surface area contributed by atoms with Crippen LogP contribution in [0.3, 0.4) is 0 Å². The Morgan fingerprint density at radius 1 is 1.39 bits per heavy atom. The topological polar surface area (TPSA) is 96.5 Å². The van der Waals surface area contributed by atoms with Gasteiger partial charge in [0.05, 0.1) is 26.0 Å². The smallest absolute Gasteiger partial charge is 0.347 e. The zero-order valence-corrected chi connectivity index (χ0v) is 14.9. The number of thioether (sulfide) groups is 1. The van der Waals surface area contributed by atoms with Gasteiger partial charge in [0, 0.05) is 5.75 Å². The lowest BCUT2D eigenvalue weighted by molar-refractivity contribution is 0.344. The number of nitrogens with zero attached hydrogens (tertiary/aromatic N) is 3. The number of furan rings is 1. The molecular formula is C13H20N4O4S2. The monoisotopic (exact) mass is 360 g/mol. The molecule has 2 rings (SSSR count). The van der Waals surface area contributed by atoms with Crippen molar-refractivity contribution in [3.8, 4) is 0 Å². The highest BCUT2D eigenvalue weighted by molar-refractivity contribution is 7.98. The highest BCUT2D eigenvalue weighted by Crippen LogP contribution is 2.16. The van der Waals surface area contributed by atoms with Gasteiger partial charge in [-0.2, -0.15) is 20.2 Å². The van der Waals surface area contributed by atoms with Gasteiger partial charge in [-0.1, -0.05) is 0 Å². The van der Waals surface area contributed by atoms with Crippen LogP contribution in [0.2, 0.25) is 0 Å². The minimum Gasteiger partial charge on any atom is -0.478 e. The van der Waals surface area contributed by atoms with E-state index in [1.165, 1.54) is 7.11 Å². The quantitative estimate of drug-likeness (QED) is 0.725. The number of hydrogen-bond acceptors (Lipinski definition) is 7. The summed E-state index contributed by atoms with van der Waals surface area (Å²) < 4.78 is 38.8. The third-order valence-corrected chi connectivity index (χ3v) is 4.58. The molecule has 128 valence electrons. The lowest BCUT2D eigenvalue weighted by atomic mass is 10.4. The van der Waals surface area contributed by atoms with E-state index in [0.29, 0.717) is 6.54 Å². The van der Waals surface area contributed by atoms with Crippen LogP contribution in [0.1, 0.15) is 11.5 Å². The van der Waals surface area contributed by atoms with Crippen LogP contribution >= 0.6 is 11.8 Å². The van der Waals surface area contributed by atoms with Crippen molar-refractivity contribution in [1.29, 1.82) is 0 Å². The number of amidine groups is 1. The van der Waals surface area contributed by atoms with Gasteiger partial charge in [0.2, 0.25) is 5.84 Å². The van der Waals surface area contributed by atoms with Gasteiger partial charge < -0.3 is 14.1 Å². The fourth-order valence-corrected chi connectivity index (χ4v) is 3.41. The second-order valence-corrected chi connectivity index (χ2v) is 7.51. The summed E-state index contributed by atoms with van der Waals surface area (Å²) in [7, 11) is 1.64. The first-order chi connectivity index (χ1) is 10.9. The maximum Gasteiger partial charge on any atom is 0.347 e. The number of ether oxygens (including phenoxy) is 1. The van der Waals surface area contributed by atoms with E-state index in [-0.39, 0.29) is 11.7 Å². The van der Waals surface area contributed by atoms with Crippen LogP contribution in [-0.4, -0.2) is 58.6 Å². The first kappa shape index (κ1) is 17.8. The molecule has 2 heterocycles. The average Bonchev–Trinajstić information content (AvgIpc) is 3.01. The minimum atomic E-state index is -3.69. The molecule has 23 heavy (non-hydrogen) atoms. The first-order valence-corrected chi connectivity index (χ1v) is 9.50. The number of methoxy groups -OCH3 is 1. The first-order valence-electron chi connectivity index (χ1n) is 6.91. The van der Waals surface area contributed by atoms with Crippen molar-refractivity contribution in [2.45, 2.75) is 12.3 Å². The number of aliphatic imine (C=N–C) groups is 1. The van der Waals surface area contributed by atoms with E-state index in [2.05, 4.69) is 14.1 Å². The van der Waals surface area contributed by atoms with E-state index in [4.69, 9.17) is 9.15 Å². The Balaban J connectivity index is 1.75. The molecule has 8 nitrogen and oxygen atoms in total. The van der Waals surface area contributed by atoms with Crippen LogP contribution in [0.5, 0.6) is 0 Å².